The molecule has 2 rings (SSSR count). The van der Waals surface area contributed by atoms with Gasteiger partial charge in [0.25, 0.3) is 0 Å². The first-order chi connectivity index (χ1) is 48.1. The highest BCUT2D eigenvalue weighted by Crippen LogP contribution is 2.30. The number of aliphatic hydroxyl groups is 8. The summed E-state index contributed by atoms with van der Waals surface area (Å²) in [6, 6.07) is -0.934. The predicted molar refractivity (Wildman–Crippen MR) is 406 cm³/mol. The van der Waals surface area contributed by atoms with Crippen LogP contribution in [-0.4, -0.2) is 140 Å². The van der Waals surface area contributed by atoms with Gasteiger partial charge in [-0.05, 0) is 70.6 Å². The Kier molecular flexibility index (Phi) is 63.1. The highest BCUT2D eigenvalue weighted by molar-refractivity contribution is 5.76. The maximum Gasteiger partial charge on any atom is 0.220 e. The maximum atomic E-state index is 13.4. The number of unbranched alkanes of at least 4 members (excludes halogenated alkanes) is 46. The molecule has 12 unspecified atom stereocenters. The minimum absolute atomic E-state index is 0.243. The topological polar surface area (TPSA) is 228 Å². The minimum atomic E-state index is -1.79. The lowest BCUT2D eigenvalue weighted by Crippen LogP contribution is -2.65. The second-order valence-corrected chi connectivity index (χ2v) is 28.9. The van der Waals surface area contributed by atoms with Crippen LogP contribution >= 0.6 is 0 Å². The van der Waals surface area contributed by atoms with E-state index in [1.807, 2.05) is 6.08 Å². The molecule has 0 radical (unpaired) electrons. The van der Waals surface area contributed by atoms with Crippen molar-refractivity contribution < 1.29 is 64.6 Å². The fourth-order valence-electron chi connectivity index (χ4n) is 13.4. The summed E-state index contributed by atoms with van der Waals surface area (Å²) in [6.45, 7) is 2.72. The molecule has 0 aromatic heterocycles. The van der Waals surface area contributed by atoms with E-state index in [1.165, 1.54) is 270 Å². The van der Waals surface area contributed by atoms with Crippen molar-refractivity contribution in [2.24, 2.45) is 0 Å². The third-order valence-electron chi connectivity index (χ3n) is 19.9. The number of allylic oxidation sites excluding steroid dienone is 11. The summed E-state index contributed by atoms with van der Waals surface area (Å²) in [5.74, 6) is -0.243. The number of aliphatic hydroxyl groups excluding tert-OH is 8. The average molecular weight is 1390 g/mol. The Balaban J connectivity index is 1.60. The Morgan fingerprint density at radius 3 is 1.12 bits per heavy atom. The number of ether oxygens (including phenoxy) is 4. The van der Waals surface area contributed by atoms with Gasteiger partial charge in [-0.1, -0.05) is 356 Å². The first-order valence-corrected chi connectivity index (χ1v) is 41.2. The standard InChI is InChI=1S/C84H153NO13/c1-3-5-7-9-11-13-15-17-19-21-23-25-27-29-31-32-33-34-35-36-37-38-39-40-42-44-46-48-50-52-54-56-58-60-62-64-66-68-76(89)85-72(71-95-83-81(94)79(92)82(75(70-87)97-83)98-84-80(93)78(91)77(90)74(69-86)96-84)73(88)67-65-63-61-59-57-55-53-51-49-47-45-43-41-30-28-26-24-22-20-18-16-14-12-10-8-6-4-2/h5,7,11,13,17,19,23,25,57,59,65,67,72-75,77-84,86-88,90-94H,3-4,6,8-10,12,14-16,18,20-22,24,26-56,58,60-64,66,68-71H2,1-2H3,(H,85,89)/b7-5-,13-11-,19-17-,25-23-,59-57+,67-65+. The molecule has 98 heavy (non-hydrogen) atoms. The van der Waals surface area contributed by atoms with E-state index in [4.69, 9.17) is 18.9 Å². The fraction of sp³-hybridized carbons (Fsp3) is 0.845. The second kappa shape index (κ2) is 67.6. The van der Waals surface area contributed by atoms with Crippen LogP contribution in [0.25, 0.3) is 0 Å². The number of amides is 1. The molecule has 14 nitrogen and oxygen atoms in total. The number of nitrogens with one attached hydrogen (secondary N) is 1. The third-order valence-corrected chi connectivity index (χ3v) is 19.9. The molecule has 572 valence electrons. The van der Waals surface area contributed by atoms with Gasteiger partial charge in [0, 0.05) is 6.42 Å². The van der Waals surface area contributed by atoms with Crippen LogP contribution in [-0.2, 0) is 23.7 Å². The summed E-state index contributed by atoms with van der Waals surface area (Å²) in [5.41, 5.74) is 0. The largest absolute Gasteiger partial charge is 0.394 e. The zero-order valence-electron chi connectivity index (χ0n) is 62.8. The minimum Gasteiger partial charge on any atom is -0.394 e. The van der Waals surface area contributed by atoms with Crippen molar-refractivity contribution in [1.82, 2.24) is 5.32 Å². The number of hydrogen-bond acceptors (Lipinski definition) is 13. The molecule has 2 aliphatic heterocycles. The zero-order valence-corrected chi connectivity index (χ0v) is 62.8. The van der Waals surface area contributed by atoms with E-state index < -0.39 is 86.8 Å². The van der Waals surface area contributed by atoms with Gasteiger partial charge in [0.05, 0.1) is 32.0 Å². The number of carbonyl (C=O) groups excluding carboxylic acids is 1. The van der Waals surface area contributed by atoms with Crippen LogP contribution in [0.3, 0.4) is 0 Å². The van der Waals surface area contributed by atoms with Crippen LogP contribution < -0.4 is 5.32 Å². The summed E-state index contributed by atoms with van der Waals surface area (Å²) in [5, 5.41) is 87.7. The molecule has 14 heteroatoms. The van der Waals surface area contributed by atoms with Crippen LogP contribution in [0.2, 0.25) is 0 Å². The zero-order chi connectivity index (χ0) is 70.8. The van der Waals surface area contributed by atoms with Gasteiger partial charge in [-0.3, -0.25) is 4.79 Å². The Morgan fingerprint density at radius 2 is 0.714 bits per heavy atom. The predicted octanol–water partition coefficient (Wildman–Crippen LogP) is 18.9. The van der Waals surface area contributed by atoms with Gasteiger partial charge in [-0.15, -0.1) is 0 Å². The first-order valence-electron chi connectivity index (χ1n) is 41.2. The molecule has 2 saturated heterocycles. The van der Waals surface area contributed by atoms with Gasteiger partial charge in [0.15, 0.2) is 12.6 Å². The number of rotatable bonds is 69. The van der Waals surface area contributed by atoms with Crippen LogP contribution in [0, 0.1) is 0 Å². The molecular formula is C84H153NO13. The molecule has 0 aromatic carbocycles. The Morgan fingerprint density at radius 1 is 0.378 bits per heavy atom. The van der Waals surface area contributed by atoms with Crippen molar-refractivity contribution in [2.75, 3.05) is 19.8 Å². The van der Waals surface area contributed by atoms with Gasteiger partial charge in [-0.25, -0.2) is 0 Å². The van der Waals surface area contributed by atoms with Crippen molar-refractivity contribution in [3.8, 4) is 0 Å². The summed E-state index contributed by atoms with van der Waals surface area (Å²) in [4.78, 5) is 13.4. The lowest BCUT2D eigenvalue weighted by atomic mass is 9.97. The first kappa shape index (κ1) is 91.5. The van der Waals surface area contributed by atoms with Gasteiger partial charge >= 0.3 is 0 Å². The van der Waals surface area contributed by atoms with Crippen LogP contribution in [0.5, 0.6) is 0 Å². The lowest BCUT2D eigenvalue weighted by Gasteiger charge is -2.46. The van der Waals surface area contributed by atoms with Crippen molar-refractivity contribution >= 4 is 5.91 Å². The van der Waals surface area contributed by atoms with Crippen molar-refractivity contribution in [2.45, 2.75) is 434 Å². The van der Waals surface area contributed by atoms with Gasteiger partial charge in [0.2, 0.25) is 5.91 Å². The Bertz CT molecular complexity index is 1920. The molecule has 0 spiro atoms. The van der Waals surface area contributed by atoms with Crippen molar-refractivity contribution in [3.63, 3.8) is 0 Å². The Hall–Kier alpha value is -2.57. The molecule has 12 atom stereocenters. The molecule has 1 amide bonds. The smallest absolute Gasteiger partial charge is 0.220 e. The van der Waals surface area contributed by atoms with Crippen LogP contribution in [0.4, 0.5) is 0 Å². The van der Waals surface area contributed by atoms with E-state index in [0.29, 0.717) is 12.8 Å². The third kappa shape index (κ3) is 49.9. The van der Waals surface area contributed by atoms with E-state index >= 15 is 0 Å². The Labute approximate surface area is 599 Å². The molecule has 2 fully saturated rings. The average Bonchev–Trinajstić information content (AvgIpc) is 0.793. The summed E-state index contributed by atoms with van der Waals surface area (Å²) < 4.78 is 22.9. The van der Waals surface area contributed by atoms with Crippen LogP contribution in [0.15, 0.2) is 72.9 Å². The van der Waals surface area contributed by atoms with E-state index in [-0.39, 0.29) is 18.9 Å². The van der Waals surface area contributed by atoms with E-state index in [0.717, 1.165) is 57.8 Å². The fourth-order valence-corrected chi connectivity index (χ4v) is 13.4. The van der Waals surface area contributed by atoms with Gasteiger partial charge in [0.1, 0.15) is 48.8 Å². The van der Waals surface area contributed by atoms with Gasteiger partial charge < -0.3 is 65.1 Å². The molecule has 0 saturated carbocycles. The van der Waals surface area contributed by atoms with Crippen molar-refractivity contribution in [3.05, 3.63) is 72.9 Å². The number of hydrogen-bond donors (Lipinski definition) is 9. The molecule has 2 heterocycles. The molecule has 2 aliphatic rings. The van der Waals surface area contributed by atoms with Crippen LogP contribution in [0.1, 0.15) is 361 Å². The molecule has 0 bridgehead atoms. The maximum absolute atomic E-state index is 13.4. The van der Waals surface area contributed by atoms with Gasteiger partial charge in [-0.2, -0.15) is 0 Å². The lowest BCUT2D eigenvalue weighted by molar-refractivity contribution is -0.359. The summed E-state index contributed by atoms with van der Waals surface area (Å²) in [7, 11) is 0. The summed E-state index contributed by atoms with van der Waals surface area (Å²) >= 11 is 0. The monoisotopic (exact) mass is 1380 g/mol. The van der Waals surface area contributed by atoms with E-state index in [2.05, 4.69) is 79.9 Å². The second-order valence-electron chi connectivity index (χ2n) is 28.9. The molecular weight excluding hydrogens is 1230 g/mol. The molecule has 0 aromatic rings. The quantitative estimate of drug-likeness (QED) is 0.0204. The number of carbonyl (C=O) groups is 1. The normalized spacial score (nSPS) is 22.4. The SMILES string of the molecule is CC/C=C\C/C=C\C/C=C\C/C=C\CCCCCCCCCCCCCCCCCCCCCCCCCCC(=O)NC(COC1OC(CO)C(OC2OC(CO)C(O)C(O)C2O)C(O)C1O)C(O)/C=C/CC/C=C/CCCCCCCCCCCCCCCCCCCCCCC. The van der Waals surface area contributed by atoms with E-state index in [1.54, 1.807) is 6.08 Å². The van der Waals surface area contributed by atoms with Crippen molar-refractivity contribution in [1.29, 1.82) is 0 Å². The summed E-state index contributed by atoms with van der Waals surface area (Å²) in [6.07, 6.45) is 77.1. The molecule has 0 aliphatic carbocycles. The highest BCUT2D eigenvalue weighted by atomic mass is 16.7. The highest BCUT2D eigenvalue weighted by Gasteiger charge is 2.51. The molecule has 9 N–H and O–H groups in total. The van der Waals surface area contributed by atoms with E-state index in [9.17, 15) is 45.6 Å².